The molecule has 2 heterocycles. The van der Waals surface area contributed by atoms with Crippen LogP contribution in [0.4, 0.5) is 0 Å². The molecule has 1 aromatic heterocycles. The monoisotopic (exact) mass is 651 g/mol. The van der Waals surface area contributed by atoms with Gasteiger partial charge in [-0.05, 0) is 74.3 Å². The number of nitrogens with zero attached hydrogens (tertiary/aromatic N) is 3. The second-order valence-corrected chi connectivity index (χ2v) is 12.8. The van der Waals surface area contributed by atoms with Crippen molar-refractivity contribution in [1.29, 1.82) is 0 Å². The molecule has 238 valence electrons. The Morgan fingerprint density at radius 1 is 0.333 bits per heavy atom. The van der Waals surface area contributed by atoms with Gasteiger partial charge in [-0.25, -0.2) is 15.0 Å². The molecule has 10 rings (SSSR count). The van der Waals surface area contributed by atoms with Gasteiger partial charge < -0.3 is 4.74 Å². The quantitative estimate of drug-likeness (QED) is 0.186. The fourth-order valence-electron chi connectivity index (χ4n) is 7.27. The van der Waals surface area contributed by atoms with Crippen molar-refractivity contribution < 1.29 is 4.74 Å². The molecule has 9 aromatic rings. The fraction of sp³-hybridized carbons (Fsp3) is 0. The molecule has 0 aliphatic carbocycles. The van der Waals surface area contributed by atoms with Gasteiger partial charge in [0, 0.05) is 27.6 Å². The number of ether oxygens (including phenoxy) is 1. The predicted octanol–water partition coefficient (Wildman–Crippen LogP) is 12.3. The lowest BCUT2D eigenvalue weighted by atomic mass is 9.88. The summed E-state index contributed by atoms with van der Waals surface area (Å²) in [5.41, 5.74) is 9.69. The van der Waals surface area contributed by atoms with E-state index in [4.69, 9.17) is 19.7 Å². The second-order valence-electron chi connectivity index (χ2n) is 12.8. The highest BCUT2D eigenvalue weighted by molar-refractivity contribution is 6.11. The molecule has 1 aliphatic rings. The van der Waals surface area contributed by atoms with Gasteiger partial charge >= 0.3 is 0 Å². The van der Waals surface area contributed by atoms with Crippen LogP contribution in [0.25, 0.3) is 89.1 Å². The van der Waals surface area contributed by atoms with Crippen LogP contribution >= 0.6 is 0 Å². The van der Waals surface area contributed by atoms with E-state index in [1.54, 1.807) is 0 Å². The van der Waals surface area contributed by atoms with E-state index < -0.39 is 0 Å². The molecule has 0 N–H and O–H groups in total. The van der Waals surface area contributed by atoms with Gasteiger partial charge in [0.2, 0.25) is 0 Å². The highest BCUT2D eigenvalue weighted by Gasteiger charge is 2.25. The van der Waals surface area contributed by atoms with Crippen molar-refractivity contribution in [2.75, 3.05) is 0 Å². The van der Waals surface area contributed by atoms with Crippen molar-refractivity contribution in [1.82, 2.24) is 15.0 Å². The van der Waals surface area contributed by atoms with Crippen molar-refractivity contribution in [2.24, 2.45) is 0 Å². The molecular weight excluding hydrogens is 623 g/mol. The lowest BCUT2D eigenvalue weighted by Gasteiger charge is -2.24. The average molecular weight is 652 g/mol. The van der Waals surface area contributed by atoms with Crippen LogP contribution in [0.2, 0.25) is 0 Å². The Morgan fingerprint density at radius 2 is 0.922 bits per heavy atom. The molecule has 0 saturated heterocycles. The van der Waals surface area contributed by atoms with E-state index >= 15 is 0 Å². The summed E-state index contributed by atoms with van der Waals surface area (Å²) in [5.74, 6) is 3.54. The topological polar surface area (TPSA) is 47.9 Å². The normalized spacial score (nSPS) is 11.7. The van der Waals surface area contributed by atoms with E-state index in [1.807, 2.05) is 54.6 Å². The van der Waals surface area contributed by atoms with Crippen LogP contribution in [-0.4, -0.2) is 15.0 Å². The van der Waals surface area contributed by atoms with Crippen molar-refractivity contribution >= 4 is 21.5 Å². The van der Waals surface area contributed by atoms with E-state index in [-0.39, 0.29) is 0 Å². The van der Waals surface area contributed by atoms with E-state index in [0.717, 1.165) is 72.0 Å². The second kappa shape index (κ2) is 11.9. The van der Waals surface area contributed by atoms with Crippen molar-refractivity contribution in [2.45, 2.75) is 0 Å². The highest BCUT2D eigenvalue weighted by atomic mass is 16.5. The molecule has 0 bridgehead atoms. The first-order valence-corrected chi connectivity index (χ1v) is 17.1. The molecule has 0 unspecified atom stereocenters. The summed E-state index contributed by atoms with van der Waals surface area (Å²) in [6.45, 7) is 0. The molecule has 4 nitrogen and oxygen atoms in total. The zero-order valence-corrected chi connectivity index (χ0v) is 27.5. The zero-order valence-electron chi connectivity index (χ0n) is 27.5. The molecule has 0 radical (unpaired) electrons. The third-order valence-electron chi connectivity index (χ3n) is 9.72. The van der Waals surface area contributed by atoms with Gasteiger partial charge in [0.25, 0.3) is 0 Å². The Kier molecular flexibility index (Phi) is 6.78. The van der Waals surface area contributed by atoms with Crippen LogP contribution in [0.3, 0.4) is 0 Å². The van der Waals surface area contributed by atoms with Crippen LogP contribution in [0.15, 0.2) is 176 Å². The van der Waals surface area contributed by atoms with Gasteiger partial charge in [-0.3, -0.25) is 0 Å². The van der Waals surface area contributed by atoms with Crippen LogP contribution in [0, 0.1) is 0 Å². The lowest BCUT2D eigenvalue weighted by molar-refractivity contribution is 0.487. The summed E-state index contributed by atoms with van der Waals surface area (Å²) < 4.78 is 6.61. The van der Waals surface area contributed by atoms with Crippen LogP contribution in [0.5, 0.6) is 11.5 Å². The smallest absolute Gasteiger partial charge is 0.164 e. The largest absolute Gasteiger partial charge is 0.456 e. The number of rotatable bonds is 5. The Hall–Kier alpha value is -6.91. The van der Waals surface area contributed by atoms with Crippen LogP contribution in [-0.2, 0) is 0 Å². The standard InChI is InChI=1S/C47H29N3O/c1-4-12-30(13-5-1)33-22-23-35-29-36(25-24-34(35)28-33)46-48-45(32-16-8-3-9-17-32)49-47(50-46)39-26-27-42-44-38(39)19-10-20-40(44)43-37(18-11-21-41(43)51-42)31-14-6-2-7-15-31/h1-29H. The Labute approximate surface area is 295 Å². The molecule has 0 saturated carbocycles. The van der Waals surface area contributed by atoms with E-state index in [9.17, 15) is 0 Å². The molecule has 0 fully saturated rings. The Bertz CT molecular complexity index is 2760. The number of hydrogen-bond donors (Lipinski definition) is 0. The molecule has 4 heteroatoms. The highest BCUT2D eigenvalue weighted by Crippen LogP contribution is 2.51. The third kappa shape index (κ3) is 5.04. The average Bonchev–Trinajstić information content (AvgIpc) is 3.21. The summed E-state index contributed by atoms with van der Waals surface area (Å²) in [5, 5.41) is 4.37. The zero-order chi connectivity index (χ0) is 33.7. The molecule has 51 heavy (non-hydrogen) atoms. The summed E-state index contributed by atoms with van der Waals surface area (Å²) in [7, 11) is 0. The summed E-state index contributed by atoms with van der Waals surface area (Å²) >= 11 is 0. The number of hydrogen-bond acceptors (Lipinski definition) is 4. The number of fused-ring (bicyclic) bond motifs is 3. The van der Waals surface area contributed by atoms with Gasteiger partial charge in [0.05, 0.1) is 0 Å². The minimum absolute atomic E-state index is 0.615. The lowest BCUT2D eigenvalue weighted by Crippen LogP contribution is -2.02. The van der Waals surface area contributed by atoms with E-state index in [1.165, 1.54) is 11.1 Å². The molecule has 8 aromatic carbocycles. The van der Waals surface area contributed by atoms with E-state index in [2.05, 4.69) is 121 Å². The maximum absolute atomic E-state index is 6.61. The van der Waals surface area contributed by atoms with Gasteiger partial charge in [0.15, 0.2) is 17.5 Å². The molecule has 1 aliphatic heterocycles. The first kappa shape index (κ1) is 29.0. The molecular formula is C47H29N3O. The Balaban J connectivity index is 1.14. The van der Waals surface area contributed by atoms with Crippen molar-refractivity contribution in [3.63, 3.8) is 0 Å². The van der Waals surface area contributed by atoms with Gasteiger partial charge in [-0.1, -0.05) is 146 Å². The molecule has 0 atom stereocenters. The first-order chi connectivity index (χ1) is 25.3. The van der Waals surface area contributed by atoms with Crippen molar-refractivity contribution in [3.05, 3.63) is 176 Å². The minimum atomic E-state index is 0.615. The number of aromatic nitrogens is 3. The first-order valence-electron chi connectivity index (χ1n) is 17.1. The Morgan fingerprint density at radius 3 is 1.67 bits per heavy atom. The van der Waals surface area contributed by atoms with E-state index in [0.29, 0.717) is 17.5 Å². The predicted molar refractivity (Wildman–Crippen MR) is 208 cm³/mol. The fourth-order valence-corrected chi connectivity index (χ4v) is 7.27. The summed E-state index contributed by atoms with van der Waals surface area (Å²) in [6.07, 6.45) is 0. The number of benzene rings is 8. The maximum atomic E-state index is 6.61. The van der Waals surface area contributed by atoms with Crippen LogP contribution in [0.1, 0.15) is 0 Å². The minimum Gasteiger partial charge on any atom is -0.456 e. The maximum Gasteiger partial charge on any atom is 0.164 e. The third-order valence-corrected chi connectivity index (χ3v) is 9.72. The van der Waals surface area contributed by atoms with Gasteiger partial charge in [0.1, 0.15) is 11.5 Å². The molecule has 0 amide bonds. The summed E-state index contributed by atoms with van der Waals surface area (Å²) in [6, 6.07) is 61.0. The van der Waals surface area contributed by atoms with Gasteiger partial charge in [-0.2, -0.15) is 0 Å². The SMILES string of the molecule is c1ccc(-c2ccc3cc(-c4nc(-c5ccccc5)nc(-c5ccc6c7c(cccc57)-c5c(cccc5-c5ccccc5)O6)n4)ccc3c2)cc1. The molecule has 0 spiro atoms. The van der Waals surface area contributed by atoms with Crippen LogP contribution < -0.4 is 4.74 Å². The van der Waals surface area contributed by atoms with Crippen molar-refractivity contribution in [3.8, 4) is 79.0 Å². The van der Waals surface area contributed by atoms with Gasteiger partial charge in [-0.15, -0.1) is 0 Å². The summed E-state index contributed by atoms with van der Waals surface area (Å²) in [4.78, 5) is 15.3.